The van der Waals surface area contributed by atoms with Crippen molar-refractivity contribution >= 4 is 58.7 Å². The SMILES string of the molecule is CC(C)(C)CC(NC(=O)/C=C/c1ccc(Cl)cc1Cl)C(=O)NC(C[C@@H]1CCNC1=O)C(=O)C(=O)NC1CC1. The molecule has 0 spiro atoms. The molecule has 0 bridgehead atoms. The highest BCUT2D eigenvalue weighted by Crippen LogP contribution is 2.24. The van der Waals surface area contributed by atoms with Crippen LogP contribution in [-0.4, -0.2) is 54.1 Å². The van der Waals surface area contributed by atoms with Gasteiger partial charge in [-0.15, -0.1) is 0 Å². The Hall–Kier alpha value is -2.91. The number of halogens is 2. The van der Waals surface area contributed by atoms with Crippen molar-refractivity contribution in [2.24, 2.45) is 11.3 Å². The summed E-state index contributed by atoms with van der Waals surface area (Å²) in [5.41, 5.74) is 0.220. The van der Waals surface area contributed by atoms with E-state index in [1.54, 1.807) is 18.2 Å². The number of nitrogens with one attached hydrogen (secondary N) is 4. The van der Waals surface area contributed by atoms with Crippen LogP contribution in [0.2, 0.25) is 10.0 Å². The zero-order valence-electron chi connectivity index (χ0n) is 21.7. The summed E-state index contributed by atoms with van der Waals surface area (Å²) in [5.74, 6) is -3.45. The summed E-state index contributed by atoms with van der Waals surface area (Å²) in [7, 11) is 0. The van der Waals surface area contributed by atoms with Crippen LogP contribution in [0.5, 0.6) is 0 Å². The zero-order valence-corrected chi connectivity index (χ0v) is 23.2. The molecule has 1 heterocycles. The van der Waals surface area contributed by atoms with E-state index in [0.29, 0.717) is 28.6 Å². The average molecular weight is 565 g/mol. The topological polar surface area (TPSA) is 133 Å². The first-order valence-electron chi connectivity index (χ1n) is 12.7. The van der Waals surface area contributed by atoms with Crippen molar-refractivity contribution in [3.8, 4) is 0 Å². The van der Waals surface area contributed by atoms with Crippen LogP contribution in [-0.2, 0) is 24.0 Å². The minimum Gasteiger partial charge on any atom is -0.356 e. The number of ketones is 1. The first-order valence-corrected chi connectivity index (χ1v) is 13.4. The molecule has 9 nitrogen and oxygen atoms in total. The fourth-order valence-corrected chi connectivity index (χ4v) is 4.62. The number of carbonyl (C=O) groups is 5. The van der Waals surface area contributed by atoms with Gasteiger partial charge in [-0.25, -0.2) is 0 Å². The molecule has 1 saturated heterocycles. The molecule has 1 aliphatic carbocycles. The van der Waals surface area contributed by atoms with Crippen molar-refractivity contribution in [1.82, 2.24) is 21.3 Å². The number of amides is 4. The van der Waals surface area contributed by atoms with Crippen molar-refractivity contribution in [3.63, 3.8) is 0 Å². The molecular weight excluding hydrogens is 531 g/mol. The monoisotopic (exact) mass is 564 g/mol. The Balaban J connectivity index is 1.74. The highest BCUT2D eigenvalue weighted by atomic mass is 35.5. The van der Waals surface area contributed by atoms with Crippen molar-refractivity contribution in [3.05, 3.63) is 39.9 Å². The largest absolute Gasteiger partial charge is 0.356 e. The van der Waals surface area contributed by atoms with Gasteiger partial charge >= 0.3 is 0 Å². The van der Waals surface area contributed by atoms with E-state index in [0.717, 1.165) is 12.8 Å². The third kappa shape index (κ3) is 9.13. The molecule has 2 aliphatic rings. The minimum atomic E-state index is -1.20. The highest BCUT2D eigenvalue weighted by molar-refractivity contribution is 6.38. The van der Waals surface area contributed by atoms with Crippen LogP contribution in [0.4, 0.5) is 0 Å². The molecule has 38 heavy (non-hydrogen) atoms. The molecule has 0 aromatic heterocycles. The van der Waals surface area contributed by atoms with Gasteiger partial charge in [-0.3, -0.25) is 24.0 Å². The number of rotatable bonds is 11. The van der Waals surface area contributed by atoms with Gasteiger partial charge in [0.15, 0.2) is 0 Å². The summed E-state index contributed by atoms with van der Waals surface area (Å²) in [5, 5.41) is 11.5. The lowest BCUT2D eigenvalue weighted by Gasteiger charge is -2.28. The van der Waals surface area contributed by atoms with Crippen molar-refractivity contribution in [1.29, 1.82) is 0 Å². The maximum Gasteiger partial charge on any atom is 0.289 e. The van der Waals surface area contributed by atoms with E-state index >= 15 is 0 Å². The van der Waals surface area contributed by atoms with E-state index < -0.39 is 41.5 Å². The van der Waals surface area contributed by atoms with E-state index in [1.807, 2.05) is 20.8 Å². The van der Waals surface area contributed by atoms with E-state index in [2.05, 4.69) is 21.3 Å². The lowest BCUT2D eigenvalue weighted by molar-refractivity contribution is -0.141. The number of benzene rings is 1. The first-order chi connectivity index (χ1) is 17.8. The van der Waals surface area contributed by atoms with Crippen molar-refractivity contribution in [2.75, 3.05) is 6.54 Å². The quantitative estimate of drug-likeness (QED) is 0.242. The molecule has 1 aromatic carbocycles. The predicted octanol–water partition coefficient (Wildman–Crippen LogP) is 2.79. The Kier molecular flexibility index (Phi) is 9.95. The second-order valence-corrected chi connectivity index (χ2v) is 11.9. The molecule has 3 atom stereocenters. The summed E-state index contributed by atoms with van der Waals surface area (Å²) in [6, 6.07) is 2.63. The van der Waals surface area contributed by atoms with E-state index in [-0.39, 0.29) is 30.2 Å². The fourth-order valence-electron chi connectivity index (χ4n) is 4.14. The fraction of sp³-hybridized carbons (Fsp3) is 0.519. The zero-order chi connectivity index (χ0) is 28.0. The van der Waals surface area contributed by atoms with Crippen molar-refractivity contribution < 1.29 is 24.0 Å². The number of hydrogen-bond donors (Lipinski definition) is 4. The Bertz CT molecular complexity index is 1130. The number of hydrogen-bond acceptors (Lipinski definition) is 5. The van der Waals surface area contributed by atoms with Crippen LogP contribution in [0.25, 0.3) is 6.08 Å². The van der Waals surface area contributed by atoms with Crippen LogP contribution in [0.1, 0.15) is 58.4 Å². The maximum absolute atomic E-state index is 13.4. The van der Waals surface area contributed by atoms with Gasteiger partial charge in [-0.2, -0.15) is 0 Å². The van der Waals surface area contributed by atoms with Gasteiger partial charge in [-0.1, -0.05) is 50.0 Å². The molecule has 11 heteroatoms. The summed E-state index contributed by atoms with van der Waals surface area (Å²) >= 11 is 12.1. The minimum absolute atomic E-state index is 0.000351. The van der Waals surface area contributed by atoms with Gasteiger partial charge in [0, 0.05) is 34.6 Å². The lowest BCUT2D eigenvalue weighted by atomic mass is 9.87. The number of Topliss-reactive ketones (excluding diaryl/α,β-unsaturated/α-hetero) is 1. The summed E-state index contributed by atoms with van der Waals surface area (Å²) < 4.78 is 0. The molecule has 206 valence electrons. The van der Waals surface area contributed by atoms with E-state index in [1.165, 1.54) is 12.2 Å². The normalized spacial score (nSPS) is 19.0. The molecule has 4 N–H and O–H groups in total. The van der Waals surface area contributed by atoms with Crippen LogP contribution in [0.15, 0.2) is 24.3 Å². The molecule has 1 aromatic rings. The van der Waals surface area contributed by atoms with Gasteiger partial charge in [0.25, 0.3) is 5.91 Å². The average Bonchev–Trinajstić information content (AvgIpc) is 3.55. The molecule has 1 aliphatic heterocycles. The Morgan fingerprint density at radius 3 is 2.37 bits per heavy atom. The summed E-state index contributed by atoms with van der Waals surface area (Å²) in [4.78, 5) is 63.8. The van der Waals surface area contributed by atoms with Crippen LogP contribution in [0.3, 0.4) is 0 Å². The summed E-state index contributed by atoms with van der Waals surface area (Å²) in [6.07, 6.45) is 5.13. The van der Waals surface area contributed by atoms with Gasteiger partial charge < -0.3 is 21.3 Å². The maximum atomic E-state index is 13.4. The predicted molar refractivity (Wildman–Crippen MR) is 145 cm³/mol. The highest BCUT2D eigenvalue weighted by Gasteiger charge is 2.37. The smallest absolute Gasteiger partial charge is 0.289 e. The second kappa shape index (κ2) is 12.8. The lowest BCUT2D eigenvalue weighted by Crippen LogP contribution is -2.55. The van der Waals surface area contributed by atoms with Crippen molar-refractivity contribution in [2.45, 2.75) is 71.0 Å². The van der Waals surface area contributed by atoms with Gasteiger partial charge in [0.2, 0.25) is 23.5 Å². The van der Waals surface area contributed by atoms with E-state index in [9.17, 15) is 24.0 Å². The molecular formula is C27H34Cl2N4O5. The standard InChI is InChI=1S/C27H34Cl2N4O5/c1-27(2,3)14-21(32-22(34)9-5-15-4-6-17(28)13-19(15)29)25(37)33-20(12-16-10-11-30-24(16)36)23(35)26(38)31-18-7-8-18/h4-6,9,13,16,18,20-21H,7-8,10-12,14H2,1-3H3,(H,30,36)(H,31,38)(H,32,34)(H,33,37)/b9-5+/t16-,20?,21?/m0/s1. The Labute approximate surface area is 232 Å². The molecule has 1 saturated carbocycles. The van der Waals surface area contributed by atoms with Gasteiger partial charge in [0.1, 0.15) is 6.04 Å². The van der Waals surface area contributed by atoms with Crippen LogP contribution in [0, 0.1) is 11.3 Å². The van der Waals surface area contributed by atoms with E-state index in [4.69, 9.17) is 23.2 Å². The van der Waals surface area contributed by atoms with Gasteiger partial charge in [-0.05, 0) is 61.3 Å². The molecule has 2 fully saturated rings. The number of carbonyl (C=O) groups excluding carboxylic acids is 5. The van der Waals surface area contributed by atoms with Crippen LogP contribution >= 0.6 is 23.2 Å². The Morgan fingerprint density at radius 2 is 1.79 bits per heavy atom. The summed E-state index contributed by atoms with van der Waals surface area (Å²) in [6.45, 7) is 6.21. The molecule has 4 amide bonds. The molecule has 3 rings (SSSR count). The Morgan fingerprint density at radius 1 is 1.08 bits per heavy atom. The van der Waals surface area contributed by atoms with Gasteiger partial charge in [0.05, 0.1) is 6.04 Å². The first kappa shape index (κ1) is 29.6. The van der Waals surface area contributed by atoms with Crippen LogP contribution < -0.4 is 21.3 Å². The molecule has 2 unspecified atom stereocenters. The third-order valence-electron chi connectivity index (χ3n) is 6.28. The molecule has 0 radical (unpaired) electrons. The third-order valence-corrected chi connectivity index (χ3v) is 6.84. The second-order valence-electron chi connectivity index (χ2n) is 11.0.